The average Bonchev–Trinajstić information content (AvgIpc) is 1.69. The number of nitrogens with zero attached hydrogens (tertiary/aromatic N) is 1. The molecule has 0 spiro atoms. The molecule has 0 fully saturated rings. The molecule has 0 amide bonds. The van der Waals surface area contributed by atoms with Crippen LogP contribution in [0.4, 0.5) is 0 Å². The first-order valence-corrected chi connectivity index (χ1v) is 2.76. The Hall–Kier alpha value is 0.0300. The molecule has 0 atom stereocenters. The van der Waals surface area contributed by atoms with Crippen molar-refractivity contribution in [3.05, 3.63) is 0 Å². The van der Waals surface area contributed by atoms with Crippen molar-refractivity contribution in [2.75, 3.05) is 6.61 Å². The molecule has 0 aromatic heterocycles. The number of hydrogen-bond donors (Lipinski definition) is 1. The first kappa shape index (κ1) is 10.9. The summed E-state index contributed by atoms with van der Waals surface area (Å²) in [7, 11) is 0. The van der Waals surface area contributed by atoms with Crippen molar-refractivity contribution < 1.29 is 5.11 Å². The molecule has 0 unspecified atom stereocenters. The number of alkyl halides is 2. The molecule has 4 heteroatoms. The van der Waals surface area contributed by atoms with Crippen LogP contribution in [0.5, 0.6) is 0 Å². The smallest absolute Gasteiger partial charge is 0.130 e. The molecular formula is C4H7Cl2NO. The van der Waals surface area contributed by atoms with Crippen LogP contribution in [0.1, 0.15) is 6.92 Å². The summed E-state index contributed by atoms with van der Waals surface area (Å²) in [6.07, 6.45) is 0. The van der Waals surface area contributed by atoms with Gasteiger partial charge >= 0.3 is 0 Å². The van der Waals surface area contributed by atoms with Crippen LogP contribution in [-0.4, -0.2) is 16.5 Å². The SMILES string of the molecule is CC#N.OCC(Cl)Cl. The summed E-state index contributed by atoms with van der Waals surface area (Å²) < 4.78 is 0. The summed E-state index contributed by atoms with van der Waals surface area (Å²) in [5, 5.41) is 15.2. The maximum Gasteiger partial charge on any atom is 0.130 e. The predicted molar refractivity (Wildman–Crippen MR) is 33.9 cm³/mol. The lowest BCUT2D eigenvalue weighted by molar-refractivity contribution is 0.313. The summed E-state index contributed by atoms with van der Waals surface area (Å²) in [5.74, 6) is 0. The van der Waals surface area contributed by atoms with E-state index in [1.807, 2.05) is 0 Å². The Morgan fingerprint density at radius 1 is 1.75 bits per heavy atom. The Bertz CT molecular complexity index is 68.9. The molecule has 0 aromatic rings. The Labute approximate surface area is 58.6 Å². The van der Waals surface area contributed by atoms with E-state index < -0.39 is 4.84 Å². The molecule has 2 nitrogen and oxygen atoms in total. The van der Waals surface area contributed by atoms with Gasteiger partial charge < -0.3 is 5.11 Å². The van der Waals surface area contributed by atoms with E-state index in [1.165, 1.54) is 6.92 Å². The van der Waals surface area contributed by atoms with Gasteiger partial charge in [-0.15, -0.1) is 23.2 Å². The molecule has 0 aliphatic rings. The van der Waals surface area contributed by atoms with Crippen molar-refractivity contribution in [1.29, 1.82) is 5.26 Å². The van der Waals surface area contributed by atoms with Gasteiger partial charge in [-0.05, 0) is 0 Å². The van der Waals surface area contributed by atoms with Gasteiger partial charge in [-0.3, -0.25) is 0 Å². The van der Waals surface area contributed by atoms with Crippen LogP contribution >= 0.6 is 23.2 Å². The first-order chi connectivity index (χ1) is 3.68. The number of aliphatic hydroxyl groups is 1. The van der Waals surface area contributed by atoms with Gasteiger partial charge in [0, 0.05) is 6.92 Å². The summed E-state index contributed by atoms with van der Waals surface area (Å²) in [4.78, 5) is -0.616. The monoisotopic (exact) mass is 155 g/mol. The molecule has 0 heterocycles. The third-order valence-electron chi connectivity index (χ3n) is 0.138. The lowest BCUT2D eigenvalue weighted by Crippen LogP contribution is -1.90. The van der Waals surface area contributed by atoms with Gasteiger partial charge in [0.1, 0.15) is 4.84 Å². The molecule has 0 aliphatic heterocycles. The number of aliphatic hydroxyl groups excluding tert-OH is 1. The normalized spacial score (nSPS) is 7.00. The quantitative estimate of drug-likeness (QED) is 0.581. The van der Waals surface area contributed by atoms with Gasteiger partial charge in [-0.2, -0.15) is 5.26 Å². The lowest BCUT2D eigenvalue weighted by Gasteiger charge is -1.84. The molecule has 0 saturated carbocycles. The molecule has 0 bridgehead atoms. The van der Waals surface area contributed by atoms with E-state index in [0.29, 0.717) is 0 Å². The number of rotatable bonds is 1. The van der Waals surface area contributed by atoms with Crippen LogP contribution in [0.3, 0.4) is 0 Å². The van der Waals surface area contributed by atoms with E-state index in [9.17, 15) is 0 Å². The molecule has 0 radical (unpaired) electrons. The molecule has 8 heavy (non-hydrogen) atoms. The van der Waals surface area contributed by atoms with Gasteiger partial charge in [0.25, 0.3) is 0 Å². The number of hydrogen-bond acceptors (Lipinski definition) is 2. The molecular weight excluding hydrogens is 149 g/mol. The van der Waals surface area contributed by atoms with Gasteiger partial charge in [0.2, 0.25) is 0 Å². The molecule has 0 aliphatic carbocycles. The predicted octanol–water partition coefficient (Wildman–Crippen LogP) is 1.31. The molecule has 0 aromatic carbocycles. The highest BCUT2D eigenvalue weighted by molar-refractivity contribution is 6.44. The fourth-order valence-corrected chi connectivity index (χ4v) is 0. The first-order valence-electron chi connectivity index (χ1n) is 1.88. The van der Waals surface area contributed by atoms with Crippen LogP contribution in [0.25, 0.3) is 0 Å². The van der Waals surface area contributed by atoms with Gasteiger partial charge in [0.15, 0.2) is 0 Å². The zero-order valence-corrected chi connectivity index (χ0v) is 5.95. The van der Waals surface area contributed by atoms with Crippen molar-refractivity contribution >= 4 is 23.2 Å². The highest BCUT2D eigenvalue weighted by Gasteiger charge is 1.88. The summed E-state index contributed by atoms with van der Waals surface area (Å²) in [6, 6.07) is 1.75. The van der Waals surface area contributed by atoms with E-state index in [1.54, 1.807) is 6.07 Å². The second-order valence-corrected chi connectivity index (χ2v) is 2.07. The highest BCUT2D eigenvalue weighted by Crippen LogP contribution is 1.96. The average molecular weight is 156 g/mol. The summed E-state index contributed by atoms with van der Waals surface area (Å²) >= 11 is 9.96. The Morgan fingerprint density at radius 3 is 1.88 bits per heavy atom. The van der Waals surface area contributed by atoms with Crippen LogP contribution in [0, 0.1) is 11.3 Å². The third kappa shape index (κ3) is 37.0. The standard InChI is InChI=1S/C2H4Cl2O.C2H3N/c3-2(4)1-5;1-2-3/h2,5H,1H2;1H3. The van der Waals surface area contributed by atoms with E-state index >= 15 is 0 Å². The topological polar surface area (TPSA) is 44.0 Å². The lowest BCUT2D eigenvalue weighted by atomic mass is 10.9. The van der Waals surface area contributed by atoms with E-state index in [4.69, 9.17) is 33.6 Å². The van der Waals surface area contributed by atoms with Crippen molar-refractivity contribution in [2.24, 2.45) is 0 Å². The molecule has 0 saturated heterocycles. The van der Waals surface area contributed by atoms with Crippen molar-refractivity contribution in [1.82, 2.24) is 0 Å². The maximum absolute atomic E-state index is 7.88. The van der Waals surface area contributed by atoms with E-state index in [0.717, 1.165) is 0 Å². The van der Waals surface area contributed by atoms with Crippen LogP contribution in [0.15, 0.2) is 0 Å². The van der Waals surface area contributed by atoms with Crippen LogP contribution in [0.2, 0.25) is 0 Å². The number of halogens is 2. The van der Waals surface area contributed by atoms with Crippen molar-refractivity contribution in [3.8, 4) is 6.07 Å². The van der Waals surface area contributed by atoms with Gasteiger partial charge in [-0.25, -0.2) is 0 Å². The maximum atomic E-state index is 7.88. The van der Waals surface area contributed by atoms with E-state index in [2.05, 4.69) is 0 Å². The van der Waals surface area contributed by atoms with Gasteiger partial charge in [0.05, 0.1) is 12.7 Å². The van der Waals surface area contributed by atoms with E-state index in [-0.39, 0.29) is 6.61 Å². The van der Waals surface area contributed by atoms with Crippen molar-refractivity contribution in [2.45, 2.75) is 11.8 Å². The third-order valence-corrected chi connectivity index (χ3v) is 0.414. The summed E-state index contributed by atoms with van der Waals surface area (Å²) in [5.41, 5.74) is 0. The van der Waals surface area contributed by atoms with Gasteiger partial charge in [-0.1, -0.05) is 0 Å². The second kappa shape index (κ2) is 10.1. The Balaban J connectivity index is 0. The highest BCUT2D eigenvalue weighted by atomic mass is 35.5. The Kier molecular flexibility index (Phi) is 13.8. The van der Waals surface area contributed by atoms with Crippen LogP contribution < -0.4 is 0 Å². The molecule has 0 rings (SSSR count). The fourth-order valence-electron chi connectivity index (χ4n) is 0. The minimum absolute atomic E-state index is 0.164. The summed E-state index contributed by atoms with van der Waals surface area (Å²) in [6.45, 7) is 1.27. The van der Waals surface area contributed by atoms with Crippen molar-refractivity contribution in [3.63, 3.8) is 0 Å². The Morgan fingerprint density at radius 2 is 1.88 bits per heavy atom. The minimum Gasteiger partial charge on any atom is -0.394 e. The molecule has 1 N–H and O–H groups in total. The fraction of sp³-hybridized carbons (Fsp3) is 0.750. The minimum atomic E-state index is -0.616. The zero-order chi connectivity index (χ0) is 6.99. The number of nitriles is 1. The molecule has 48 valence electrons. The van der Waals surface area contributed by atoms with Crippen LogP contribution in [-0.2, 0) is 0 Å². The zero-order valence-electron chi connectivity index (χ0n) is 4.43. The largest absolute Gasteiger partial charge is 0.394 e. The second-order valence-electron chi connectivity index (χ2n) is 0.797.